The summed E-state index contributed by atoms with van der Waals surface area (Å²) in [4.78, 5) is 51.4. The number of halogens is 3. The van der Waals surface area contributed by atoms with Crippen LogP contribution in [0, 0.1) is 12.8 Å². The zero-order chi connectivity index (χ0) is 39.0. The van der Waals surface area contributed by atoms with Gasteiger partial charge in [0.05, 0.1) is 28.9 Å². The number of carbonyl (C=O) groups is 3. The van der Waals surface area contributed by atoms with Gasteiger partial charge in [-0.15, -0.1) is 0 Å². The van der Waals surface area contributed by atoms with Gasteiger partial charge in [-0.1, -0.05) is 53.0 Å². The van der Waals surface area contributed by atoms with Crippen LogP contribution in [0.25, 0.3) is 0 Å². The number of nitrogens with zero attached hydrogens (tertiary/aromatic N) is 4. The van der Waals surface area contributed by atoms with E-state index in [4.69, 9.17) is 49.3 Å². The SMILES string of the molecule is Cc1cc(Cl)c(O[C@@H]2CCN(c3ccc([C@H]4CCN(C(=O)OC(C)(C)C)C[C@@H]4C(=O)N(Cc4cc(CC(=O)NC5CC5)ccc4Cl)C4CC4)cn3)C2)c(Cl)c1. The Morgan fingerprint density at radius 2 is 1.65 bits per heavy atom. The van der Waals surface area contributed by atoms with E-state index >= 15 is 0 Å². The molecule has 2 aliphatic carbocycles. The molecule has 2 saturated heterocycles. The van der Waals surface area contributed by atoms with Gasteiger partial charge in [-0.25, -0.2) is 9.78 Å². The highest BCUT2D eigenvalue weighted by molar-refractivity contribution is 6.37. The number of benzene rings is 2. The van der Waals surface area contributed by atoms with E-state index < -0.39 is 17.6 Å². The molecule has 4 fully saturated rings. The second-order valence-electron chi connectivity index (χ2n) is 16.6. The Kier molecular flexibility index (Phi) is 11.8. The van der Waals surface area contributed by atoms with Crippen molar-refractivity contribution in [3.63, 3.8) is 0 Å². The zero-order valence-corrected chi connectivity index (χ0v) is 34.2. The van der Waals surface area contributed by atoms with Gasteiger partial charge >= 0.3 is 6.09 Å². The maximum Gasteiger partial charge on any atom is 0.410 e. The first-order chi connectivity index (χ1) is 26.2. The molecule has 0 spiro atoms. The maximum absolute atomic E-state index is 14.8. The number of ether oxygens (including phenoxy) is 2. The Hall–Kier alpha value is -3.73. The van der Waals surface area contributed by atoms with Crippen LogP contribution in [0.15, 0.2) is 48.7 Å². The van der Waals surface area contributed by atoms with Gasteiger partial charge in [0, 0.05) is 61.8 Å². The number of carbonyl (C=O) groups excluding carboxylic acids is 3. The van der Waals surface area contributed by atoms with Crippen molar-refractivity contribution in [3.8, 4) is 5.75 Å². The molecule has 3 heterocycles. The standard InChI is InChI=1S/C42H50Cl3N5O5/c1-25-17-35(44)39(36(45)18-25)54-31-13-15-48(23-31)37-12-6-27(21-46-37)32-14-16-49(41(53)55-42(2,3)4)24-33(32)40(52)50(30-9-10-30)22-28-19-26(5-11-34(28)43)20-38(51)47-29-7-8-29/h5-6,11-12,17-19,21,29-33H,7-10,13-16,20,22-24H2,1-4H3,(H,47,51)/t31-,32-,33+/m1/s1. The molecule has 55 heavy (non-hydrogen) atoms. The Labute approximate surface area is 338 Å². The Bertz CT molecular complexity index is 1890. The average molecular weight is 811 g/mol. The molecule has 0 unspecified atom stereocenters. The topological polar surface area (TPSA) is 104 Å². The fraction of sp³-hybridized carbons (Fsp3) is 0.524. The summed E-state index contributed by atoms with van der Waals surface area (Å²) in [5, 5.41) is 4.60. The molecule has 0 radical (unpaired) electrons. The first-order valence-corrected chi connectivity index (χ1v) is 20.5. The Morgan fingerprint density at radius 1 is 0.909 bits per heavy atom. The number of pyridine rings is 1. The molecule has 1 N–H and O–H groups in total. The average Bonchev–Trinajstić information content (AvgIpc) is 4.08. The smallest absolute Gasteiger partial charge is 0.410 e. The Balaban J connectivity index is 1.08. The van der Waals surface area contributed by atoms with Gasteiger partial charge < -0.3 is 29.5 Å². The number of likely N-dealkylation sites (tertiary alicyclic amines) is 1. The number of aryl methyl sites for hydroxylation is 1. The van der Waals surface area contributed by atoms with Crippen molar-refractivity contribution in [2.24, 2.45) is 5.92 Å². The van der Waals surface area contributed by atoms with Crippen LogP contribution < -0.4 is 15.0 Å². The number of aromatic nitrogens is 1. The molecule has 2 aromatic carbocycles. The molecular formula is C42H50Cl3N5O5. The molecule has 2 aliphatic heterocycles. The lowest BCUT2D eigenvalue weighted by molar-refractivity contribution is -0.139. The van der Waals surface area contributed by atoms with Crippen molar-refractivity contribution in [3.05, 3.63) is 86.0 Å². The molecular weight excluding hydrogens is 761 g/mol. The number of hydrogen-bond acceptors (Lipinski definition) is 7. The number of anilines is 1. The van der Waals surface area contributed by atoms with Crippen molar-refractivity contribution in [1.29, 1.82) is 0 Å². The van der Waals surface area contributed by atoms with Gasteiger partial charge in [0.15, 0.2) is 5.75 Å². The van der Waals surface area contributed by atoms with E-state index in [2.05, 4.69) is 16.3 Å². The highest BCUT2D eigenvalue weighted by atomic mass is 35.5. The first-order valence-electron chi connectivity index (χ1n) is 19.4. The van der Waals surface area contributed by atoms with Crippen molar-refractivity contribution in [2.45, 2.75) is 109 Å². The molecule has 3 atom stereocenters. The van der Waals surface area contributed by atoms with E-state index in [1.807, 2.05) is 75.2 Å². The number of hydrogen-bond donors (Lipinski definition) is 1. The van der Waals surface area contributed by atoms with Crippen LogP contribution in [0.1, 0.15) is 87.5 Å². The molecule has 0 bridgehead atoms. The second-order valence-corrected chi connectivity index (χ2v) is 17.8. The largest absolute Gasteiger partial charge is 0.485 e. The molecule has 4 aliphatic rings. The molecule has 3 aromatic rings. The summed E-state index contributed by atoms with van der Waals surface area (Å²) < 4.78 is 12.0. The molecule has 2 saturated carbocycles. The minimum Gasteiger partial charge on any atom is -0.485 e. The lowest BCUT2D eigenvalue weighted by atomic mass is 9.80. The summed E-state index contributed by atoms with van der Waals surface area (Å²) in [5.74, 6) is 0.615. The van der Waals surface area contributed by atoms with Crippen LogP contribution in [0.2, 0.25) is 15.1 Å². The maximum atomic E-state index is 14.8. The monoisotopic (exact) mass is 809 g/mol. The first kappa shape index (κ1) is 39.5. The predicted octanol–water partition coefficient (Wildman–Crippen LogP) is 8.36. The van der Waals surface area contributed by atoms with E-state index in [1.165, 1.54) is 0 Å². The van der Waals surface area contributed by atoms with E-state index in [0.717, 1.165) is 66.7 Å². The molecule has 7 rings (SSSR count). The van der Waals surface area contributed by atoms with E-state index in [0.29, 0.717) is 46.9 Å². The summed E-state index contributed by atoms with van der Waals surface area (Å²) >= 11 is 19.7. The quantitative estimate of drug-likeness (QED) is 0.208. The van der Waals surface area contributed by atoms with Crippen LogP contribution in [0.3, 0.4) is 0 Å². The van der Waals surface area contributed by atoms with Gasteiger partial charge in [0.25, 0.3) is 0 Å². The van der Waals surface area contributed by atoms with E-state index in [9.17, 15) is 14.4 Å². The fourth-order valence-electron chi connectivity index (χ4n) is 7.62. The van der Waals surface area contributed by atoms with Gasteiger partial charge in [-0.05, 0) is 106 Å². The lowest BCUT2D eigenvalue weighted by Crippen LogP contribution is -2.51. The second kappa shape index (κ2) is 16.4. The molecule has 3 amide bonds. The third kappa shape index (κ3) is 9.99. The number of rotatable bonds is 11. The van der Waals surface area contributed by atoms with Crippen LogP contribution >= 0.6 is 34.8 Å². The molecule has 1 aromatic heterocycles. The van der Waals surface area contributed by atoms with Gasteiger partial charge in [0.2, 0.25) is 11.8 Å². The summed E-state index contributed by atoms with van der Waals surface area (Å²) in [6, 6.07) is 13.8. The van der Waals surface area contributed by atoms with Crippen LogP contribution in [-0.4, -0.2) is 82.7 Å². The normalized spacial score (nSPS) is 21.3. The van der Waals surface area contributed by atoms with E-state index in [-0.39, 0.29) is 48.9 Å². The minimum absolute atomic E-state index is 0.00670. The van der Waals surface area contributed by atoms with Gasteiger partial charge in [-0.2, -0.15) is 0 Å². The lowest BCUT2D eigenvalue weighted by Gasteiger charge is -2.40. The van der Waals surface area contributed by atoms with Crippen LogP contribution in [-0.2, 0) is 27.3 Å². The molecule has 294 valence electrons. The van der Waals surface area contributed by atoms with Crippen molar-refractivity contribution in [1.82, 2.24) is 20.1 Å². The number of amides is 3. The van der Waals surface area contributed by atoms with Crippen molar-refractivity contribution in [2.75, 3.05) is 31.1 Å². The third-order valence-electron chi connectivity index (χ3n) is 10.7. The Morgan fingerprint density at radius 3 is 2.31 bits per heavy atom. The summed E-state index contributed by atoms with van der Waals surface area (Å²) in [7, 11) is 0. The summed E-state index contributed by atoms with van der Waals surface area (Å²) in [5.41, 5.74) is 2.93. The van der Waals surface area contributed by atoms with Crippen molar-refractivity contribution < 1.29 is 23.9 Å². The van der Waals surface area contributed by atoms with Crippen LogP contribution in [0.4, 0.5) is 10.6 Å². The number of piperidine rings is 1. The predicted molar refractivity (Wildman–Crippen MR) is 215 cm³/mol. The van der Waals surface area contributed by atoms with Gasteiger partial charge in [-0.3, -0.25) is 9.59 Å². The van der Waals surface area contributed by atoms with Crippen LogP contribution in [0.5, 0.6) is 5.75 Å². The highest BCUT2D eigenvalue weighted by Crippen LogP contribution is 2.40. The highest BCUT2D eigenvalue weighted by Gasteiger charge is 2.44. The molecule has 13 heteroatoms. The molecule has 10 nitrogen and oxygen atoms in total. The van der Waals surface area contributed by atoms with E-state index in [1.54, 1.807) is 4.90 Å². The van der Waals surface area contributed by atoms with Crippen molar-refractivity contribution >= 4 is 58.5 Å². The zero-order valence-electron chi connectivity index (χ0n) is 32.0. The minimum atomic E-state index is -0.664. The van der Waals surface area contributed by atoms with Gasteiger partial charge in [0.1, 0.15) is 17.5 Å². The summed E-state index contributed by atoms with van der Waals surface area (Å²) in [6.07, 6.45) is 6.85. The summed E-state index contributed by atoms with van der Waals surface area (Å²) in [6.45, 7) is 9.88. The third-order valence-corrected chi connectivity index (χ3v) is 11.6. The number of nitrogens with one attached hydrogen (secondary N) is 1. The fourth-order valence-corrected chi connectivity index (χ4v) is 8.48.